The molecule has 7 heteroatoms. The largest absolute Gasteiger partial charge is 0.497 e. The topological polar surface area (TPSA) is 71.1 Å². The number of nitrogens with zero attached hydrogens (tertiary/aromatic N) is 2. The van der Waals surface area contributed by atoms with Crippen molar-refractivity contribution in [1.82, 2.24) is 10.2 Å². The molecule has 2 heterocycles. The zero-order chi connectivity index (χ0) is 20.7. The molecule has 2 aromatic carbocycles. The van der Waals surface area contributed by atoms with Gasteiger partial charge in [-0.25, -0.2) is 4.79 Å². The zero-order valence-electron chi connectivity index (χ0n) is 16.9. The Labute approximate surface area is 169 Å². The van der Waals surface area contributed by atoms with Crippen LogP contribution in [0.25, 0.3) is 0 Å². The zero-order valence-corrected chi connectivity index (χ0v) is 16.9. The number of hydrogen-bond acceptors (Lipinski definition) is 4. The number of nitrogens with one attached hydrogen (secondary N) is 1. The van der Waals surface area contributed by atoms with Crippen molar-refractivity contribution in [3.63, 3.8) is 0 Å². The molecule has 2 aliphatic heterocycles. The molecule has 2 aliphatic rings. The molecule has 0 saturated carbocycles. The minimum absolute atomic E-state index is 0.134. The summed E-state index contributed by atoms with van der Waals surface area (Å²) in [6, 6.07) is 12.2. The summed E-state index contributed by atoms with van der Waals surface area (Å²) in [4.78, 5) is 29.3. The van der Waals surface area contributed by atoms with E-state index in [0.29, 0.717) is 34.9 Å². The summed E-state index contributed by atoms with van der Waals surface area (Å²) < 4.78 is 10.8. The van der Waals surface area contributed by atoms with E-state index in [-0.39, 0.29) is 11.9 Å². The van der Waals surface area contributed by atoms with Crippen LogP contribution in [-0.2, 0) is 4.79 Å². The van der Waals surface area contributed by atoms with E-state index in [1.807, 2.05) is 31.2 Å². The highest BCUT2D eigenvalue weighted by atomic mass is 16.5. The Morgan fingerprint density at radius 2 is 1.76 bits per heavy atom. The summed E-state index contributed by atoms with van der Waals surface area (Å²) in [7, 11) is 4.81. The van der Waals surface area contributed by atoms with Crippen molar-refractivity contribution in [1.29, 1.82) is 0 Å². The lowest BCUT2D eigenvalue weighted by Gasteiger charge is -2.31. The predicted molar refractivity (Wildman–Crippen MR) is 109 cm³/mol. The number of methoxy groups -OCH3 is 2. The summed E-state index contributed by atoms with van der Waals surface area (Å²) in [6.45, 7) is 2.34. The third kappa shape index (κ3) is 3.08. The Balaban J connectivity index is 1.80. The molecule has 3 amide bonds. The first-order valence-electron chi connectivity index (χ1n) is 9.32. The molecular weight excluding hydrogens is 370 g/mol. The van der Waals surface area contributed by atoms with Crippen molar-refractivity contribution >= 4 is 17.6 Å². The maximum absolute atomic E-state index is 13.4. The number of likely N-dealkylation sites (N-methyl/N-ethyl adjacent to an activating group) is 1. The first kappa shape index (κ1) is 18.9. The van der Waals surface area contributed by atoms with Crippen LogP contribution in [0.1, 0.15) is 17.2 Å². The average molecular weight is 393 g/mol. The minimum Gasteiger partial charge on any atom is -0.497 e. The standard InChI is InChI=1S/C22H23N3O4/c1-13-5-7-14(8-6-13)25-12-17-19(21(25)26)20(23-22(27)24(17)2)16-11-15(28-3)9-10-18(16)29-4/h5-11,20H,12H2,1-4H3,(H,23,27). The van der Waals surface area contributed by atoms with Gasteiger partial charge >= 0.3 is 6.03 Å². The van der Waals surface area contributed by atoms with Crippen LogP contribution in [0.4, 0.5) is 10.5 Å². The Hall–Kier alpha value is -3.48. The van der Waals surface area contributed by atoms with Crippen molar-refractivity contribution in [3.05, 3.63) is 64.9 Å². The van der Waals surface area contributed by atoms with Crippen molar-refractivity contribution in [3.8, 4) is 11.5 Å². The Kier molecular flexibility index (Phi) is 4.66. The summed E-state index contributed by atoms with van der Waals surface area (Å²) in [5.41, 5.74) is 3.83. The van der Waals surface area contributed by atoms with Crippen LogP contribution in [0.3, 0.4) is 0 Å². The smallest absolute Gasteiger partial charge is 0.322 e. The molecule has 29 heavy (non-hydrogen) atoms. The summed E-state index contributed by atoms with van der Waals surface area (Å²) in [5, 5.41) is 2.94. The first-order chi connectivity index (χ1) is 13.9. The Bertz CT molecular complexity index is 1010. The normalized spacial score (nSPS) is 18.7. The molecule has 1 N–H and O–H groups in total. The molecule has 0 spiro atoms. The van der Waals surface area contributed by atoms with Crippen molar-refractivity contribution < 1.29 is 19.1 Å². The van der Waals surface area contributed by atoms with Gasteiger partial charge in [-0.2, -0.15) is 0 Å². The van der Waals surface area contributed by atoms with E-state index in [1.165, 1.54) is 4.90 Å². The Morgan fingerprint density at radius 1 is 1.03 bits per heavy atom. The SMILES string of the molecule is COc1ccc(OC)c(C2NC(=O)N(C)C3=C2C(=O)N(c2ccc(C)cc2)C3)c1. The maximum atomic E-state index is 13.4. The second-order valence-corrected chi connectivity index (χ2v) is 7.14. The van der Waals surface area contributed by atoms with E-state index < -0.39 is 6.04 Å². The molecule has 0 fully saturated rings. The van der Waals surface area contributed by atoms with Gasteiger partial charge in [0, 0.05) is 18.3 Å². The van der Waals surface area contributed by atoms with Crippen molar-refractivity contribution in [2.75, 3.05) is 32.7 Å². The van der Waals surface area contributed by atoms with E-state index in [9.17, 15) is 9.59 Å². The third-order valence-corrected chi connectivity index (χ3v) is 5.45. The highest BCUT2D eigenvalue weighted by molar-refractivity contribution is 6.11. The van der Waals surface area contributed by atoms with Crippen LogP contribution < -0.4 is 19.7 Å². The van der Waals surface area contributed by atoms with Gasteiger partial charge in [-0.1, -0.05) is 17.7 Å². The average Bonchev–Trinajstić information content (AvgIpc) is 3.08. The van der Waals surface area contributed by atoms with E-state index in [1.54, 1.807) is 44.4 Å². The summed E-state index contributed by atoms with van der Waals surface area (Å²) in [6.07, 6.45) is 0. The highest BCUT2D eigenvalue weighted by Crippen LogP contribution is 2.41. The van der Waals surface area contributed by atoms with Gasteiger partial charge in [0.15, 0.2) is 0 Å². The lowest BCUT2D eigenvalue weighted by molar-refractivity contribution is -0.114. The second-order valence-electron chi connectivity index (χ2n) is 7.14. The number of urea groups is 1. The van der Waals surface area contributed by atoms with Gasteiger partial charge in [-0.05, 0) is 37.3 Å². The highest BCUT2D eigenvalue weighted by Gasteiger charge is 2.44. The molecular formula is C22H23N3O4. The number of rotatable bonds is 4. The predicted octanol–water partition coefficient (Wildman–Crippen LogP) is 3.01. The second kappa shape index (κ2) is 7.16. The lowest BCUT2D eigenvalue weighted by atomic mass is 9.94. The number of ether oxygens (including phenoxy) is 2. The van der Waals surface area contributed by atoms with E-state index in [4.69, 9.17) is 9.47 Å². The van der Waals surface area contributed by atoms with Crippen LogP contribution in [0.15, 0.2) is 53.7 Å². The molecule has 150 valence electrons. The number of amides is 3. The number of benzene rings is 2. The number of carbonyl (C=O) groups is 2. The van der Waals surface area contributed by atoms with Crippen molar-refractivity contribution in [2.45, 2.75) is 13.0 Å². The fourth-order valence-corrected chi connectivity index (χ4v) is 3.80. The number of hydrogen-bond donors (Lipinski definition) is 1. The molecule has 1 atom stereocenters. The molecule has 1 unspecified atom stereocenters. The van der Waals surface area contributed by atoms with Gasteiger partial charge in [-0.15, -0.1) is 0 Å². The van der Waals surface area contributed by atoms with E-state index >= 15 is 0 Å². The van der Waals surface area contributed by atoms with E-state index in [2.05, 4.69) is 5.32 Å². The molecule has 2 aromatic rings. The van der Waals surface area contributed by atoms with Crippen LogP contribution in [-0.4, -0.2) is 44.7 Å². The van der Waals surface area contributed by atoms with Gasteiger partial charge < -0.3 is 19.7 Å². The van der Waals surface area contributed by atoms with Crippen LogP contribution in [0, 0.1) is 6.92 Å². The molecule has 4 rings (SSSR count). The summed E-state index contributed by atoms with van der Waals surface area (Å²) >= 11 is 0. The summed E-state index contributed by atoms with van der Waals surface area (Å²) in [5.74, 6) is 1.07. The fourth-order valence-electron chi connectivity index (χ4n) is 3.80. The van der Waals surface area contributed by atoms with E-state index in [0.717, 1.165) is 11.3 Å². The minimum atomic E-state index is -0.623. The molecule has 0 bridgehead atoms. The van der Waals surface area contributed by atoms with Crippen LogP contribution in [0.5, 0.6) is 11.5 Å². The molecule has 0 aromatic heterocycles. The van der Waals surface area contributed by atoms with Crippen LogP contribution >= 0.6 is 0 Å². The lowest BCUT2D eigenvalue weighted by Crippen LogP contribution is -2.45. The van der Waals surface area contributed by atoms with Gasteiger partial charge in [-0.3, -0.25) is 9.69 Å². The van der Waals surface area contributed by atoms with Crippen molar-refractivity contribution in [2.24, 2.45) is 0 Å². The monoisotopic (exact) mass is 393 g/mol. The molecule has 7 nitrogen and oxygen atoms in total. The molecule has 0 saturated heterocycles. The fraction of sp³-hybridized carbons (Fsp3) is 0.273. The Morgan fingerprint density at radius 3 is 2.41 bits per heavy atom. The van der Waals surface area contributed by atoms with Gasteiger partial charge in [0.25, 0.3) is 5.91 Å². The molecule has 0 radical (unpaired) electrons. The van der Waals surface area contributed by atoms with Gasteiger partial charge in [0.2, 0.25) is 0 Å². The van der Waals surface area contributed by atoms with Gasteiger partial charge in [0.1, 0.15) is 11.5 Å². The number of anilines is 1. The maximum Gasteiger partial charge on any atom is 0.322 e. The van der Waals surface area contributed by atoms with Gasteiger partial charge in [0.05, 0.1) is 38.1 Å². The quantitative estimate of drug-likeness (QED) is 0.867. The number of aryl methyl sites for hydroxylation is 1. The number of carbonyl (C=O) groups excluding carboxylic acids is 2. The third-order valence-electron chi connectivity index (χ3n) is 5.45. The van der Waals surface area contributed by atoms with Crippen LogP contribution in [0.2, 0.25) is 0 Å². The molecule has 0 aliphatic carbocycles. The first-order valence-corrected chi connectivity index (χ1v) is 9.32.